The van der Waals surface area contributed by atoms with Crippen molar-refractivity contribution in [3.05, 3.63) is 36.2 Å². The summed E-state index contributed by atoms with van der Waals surface area (Å²) in [6.07, 6.45) is 3.82. The van der Waals surface area contributed by atoms with E-state index in [0.29, 0.717) is 58.8 Å². The zero-order valence-corrected chi connectivity index (χ0v) is 16.7. The molecule has 0 amide bonds. The van der Waals surface area contributed by atoms with E-state index in [4.69, 9.17) is 14.2 Å². The molecule has 2 aliphatic rings. The summed E-state index contributed by atoms with van der Waals surface area (Å²) in [6.45, 7) is 5.26. The number of benzene rings is 1. The minimum absolute atomic E-state index is 0.0312. The molecule has 0 spiro atoms. The van der Waals surface area contributed by atoms with Crippen molar-refractivity contribution in [2.24, 2.45) is 0 Å². The molecule has 30 heavy (non-hydrogen) atoms. The van der Waals surface area contributed by atoms with Crippen LogP contribution in [0.15, 0.2) is 29.0 Å². The number of aromatic nitrogens is 5. The van der Waals surface area contributed by atoms with Crippen molar-refractivity contribution in [3.63, 3.8) is 0 Å². The summed E-state index contributed by atoms with van der Waals surface area (Å²) in [7, 11) is 0. The Bertz CT molecular complexity index is 1260. The van der Waals surface area contributed by atoms with Crippen LogP contribution in [0.1, 0.15) is 38.5 Å². The highest BCUT2D eigenvalue weighted by Gasteiger charge is 2.32. The van der Waals surface area contributed by atoms with E-state index in [9.17, 15) is 0 Å². The molecule has 4 heterocycles. The Balaban J connectivity index is 1.59. The Labute approximate surface area is 171 Å². The number of morpholine rings is 1. The number of fused-ring (bicyclic) bond motifs is 3. The Kier molecular flexibility index (Phi) is 3.83. The van der Waals surface area contributed by atoms with Crippen molar-refractivity contribution in [1.82, 2.24) is 24.5 Å². The predicted molar refractivity (Wildman–Crippen MR) is 108 cm³/mol. The Morgan fingerprint density at radius 2 is 2.03 bits per heavy atom. The largest absolute Gasteiger partial charge is 0.375 e. The van der Waals surface area contributed by atoms with Gasteiger partial charge >= 0.3 is 0 Å². The number of hydrogen-bond acceptors (Lipinski definition) is 7. The highest BCUT2D eigenvalue weighted by Crippen LogP contribution is 2.40. The Hall–Kier alpha value is -3.07. The monoisotopic (exact) mass is 408 g/mol. The molecule has 0 unspecified atom stereocenters. The third-order valence-electron chi connectivity index (χ3n) is 5.89. The summed E-state index contributed by atoms with van der Waals surface area (Å²) in [5, 5.41) is 4.60. The van der Waals surface area contributed by atoms with Crippen molar-refractivity contribution >= 4 is 22.4 Å². The molecule has 1 saturated heterocycles. The SMILES string of the molecule is C[C@@H]1CN(c2nc3c(-c4noc(C5CC5)n4)ncn3c3cccc(F)c23)[C@H](C)CO1. The van der Waals surface area contributed by atoms with Crippen LogP contribution in [0.5, 0.6) is 0 Å². The van der Waals surface area contributed by atoms with Crippen LogP contribution >= 0.6 is 0 Å². The first kappa shape index (κ1) is 17.8. The molecule has 2 atom stereocenters. The average Bonchev–Trinajstić information content (AvgIpc) is 3.31. The van der Waals surface area contributed by atoms with E-state index in [-0.39, 0.29) is 18.0 Å². The lowest BCUT2D eigenvalue weighted by atomic mass is 10.1. The topological polar surface area (TPSA) is 81.6 Å². The van der Waals surface area contributed by atoms with Crippen LogP contribution in [-0.4, -0.2) is 49.8 Å². The van der Waals surface area contributed by atoms with Gasteiger partial charge in [0.05, 0.1) is 29.7 Å². The van der Waals surface area contributed by atoms with Gasteiger partial charge in [-0.05, 0) is 38.8 Å². The zero-order valence-electron chi connectivity index (χ0n) is 16.7. The second kappa shape index (κ2) is 6.46. The van der Waals surface area contributed by atoms with Crippen LogP contribution in [0.2, 0.25) is 0 Å². The van der Waals surface area contributed by atoms with E-state index < -0.39 is 0 Å². The normalized spacial score (nSPS) is 22.3. The molecule has 9 heteroatoms. The minimum atomic E-state index is -0.311. The number of anilines is 1. The maximum Gasteiger partial charge on any atom is 0.230 e. The van der Waals surface area contributed by atoms with Crippen molar-refractivity contribution in [2.75, 3.05) is 18.1 Å². The minimum Gasteiger partial charge on any atom is -0.375 e. The molecule has 8 nitrogen and oxygen atoms in total. The molecule has 2 fully saturated rings. The molecule has 0 bridgehead atoms. The average molecular weight is 408 g/mol. The summed E-state index contributed by atoms with van der Waals surface area (Å²) in [4.78, 5) is 16.0. The summed E-state index contributed by atoms with van der Waals surface area (Å²) in [5.41, 5.74) is 1.82. The van der Waals surface area contributed by atoms with Crippen LogP contribution in [0.4, 0.5) is 10.2 Å². The number of ether oxygens (including phenoxy) is 1. The molecule has 1 aliphatic carbocycles. The van der Waals surface area contributed by atoms with Gasteiger partial charge in [-0.2, -0.15) is 4.98 Å². The van der Waals surface area contributed by atoms with Gasteiger partial charge in [-0.25, -0.2) is 14.4 Å². The molecule has 154 valence electrons. The molecule has 4 aromatic rings. The molecule has 0 radical (unpaired) electrons. The number of hydrogen-bond donors (Lipinski definition) is 0. The van der Waals surface area contributed by atoms with Crippen molar-refractivity contribution in [3.8, 4) is 11.5 Å². The Morgan fingerprint density at radius 3 is 2.87 bits per heavy atom. The fourth-order valence-electron chi connectivity index (χ4n) is 4.11. The molecule has 3 aromatic heterocycles. The lowest BCUT2D eigenvalue weighted by molar-refractivity contribution is 0.0342. The van der Waals surface area contributed by atoms with Crippen molar-refractivity contribution < 1.29 is 13.7 Å². The van der Waals surface area contributed by atoms with Gasteiger partial charge in [0.2, 0.25) is 11.7 Å². The van der Waals surface area contributed by atoms with E-state index in [0.717, 1.165) is 12.8 Å². The second-order valence-corrected chi connectivity index (χ2v) is 8.23. The maximum absolute atomic E-state index is 15.0. The van der Waals surface area contributed by atoms with E-state index >= 15 is 4.39 Å². The van der Waals surface area contributed by atoms with Gasteiger partial charge in [0.25, 0.3) is 0 Å². The smallest absolute Gasteiger partial charge is 0.230 e. The standard InChI is InChI=1S/C21H21FN6O2/c1-11-9-29-12(2)8-27(11)19-16-14(22)4-3-5-15(16)28-10-23-17(20(28)25-19)18-24-21(30-26-18)13-6-7-13/h3-5,10-13H,6-9H2,1-2H3/t11-,12-/m1/s1. The first-order valence-corrected chi connectivity index (χ1v) is 10.3. The van der Waals surface area contributed by atoms with Crippen molar-refractivity contribution in [2.45, 2.75) is 44.8 Å². The number of nitrogens with zero attached hydrogens (tertiary/aromatic N) is 6. The van der Waals surface area contributed by atoms with E-state index in [2.05, 4.69) is 26.9 Å². The molecule has 6 rings (SSSR count). The van der Waals surface area contributed by atoms with Gasteiger partial charge < -0.3 is 14.2 Å². The number of imidazole rings is 1. The maximum atomic E-state index is 15.0. The molecule has 0 N–H and O–H groups in total. The fourth-order valence-corrected chi connectivity index (χ4v) is 4.11. The number of rotatable bonds is 3. The number of halogens is 1. The van der Waals surface area contributed by atoms with Crippen LogP contribution in [0.3, 0.4) is 0 Å². The fraction of sp³-hybridized carbons (Fsp3) is 0.429. The molecule has 1 aliphatic heterocycles. The zero-order chi connectivity index (χ0) is 20.4. The first-order chi connectivity index (χ1) is 14.6. The molecular weight excluding hydrogens is 387 g/mol. The van der Waals surface area contributed by atoms with Crippen LogP contribution in [0.25, 0.3) is 28.1 Å². The van der Waals surface area contributed by atoms with Crippen LogP contribution < -0.4 is 4.90 Å². The van der Waals surface area contributed by atoms with E-state index in [1.807, 2.05) is 13.0 Å². The van der Waals surface area contributed by atoms with Gasteiger partial charge in [0.1, 0.15) is 18.0 Å². The third kappa shape index (κ3) is 2.68. The lowest BCUT2D eigenvalue weighted by Crippen LogP contribution is -2.48. The predicted octanol–water partition coefficient (Wildman–Crippen LogP) is 3.56. The van der Waals surface area contributed by atoms with Crippen LogP contribution in [0, 0.1) is 5.82 Å². The van der Waals surface area contributed by atoms with Gasteiger partial charge in [-0.3, -0.25) is 4.40 Å². The second-order valence-electron chi connectivity index (χ2n) is 8.23. The van der Waals surface area contributed by atoms with Crippen molar-refractivity contribution in [1.29, 1.82) is 0 Å². The lowest BCUT2D eigenvalue weighted by Gasteiger charge is -2.38. The molecule has 1 aromatic carbocycles. The van der Waals surface area contributed by atoms with Gasteiger partial charge in [-0.1, -0.05) is 11.2 Å². The summed E-state index contributed by atoms with van der Waals surface area (Å²) in [6, 6.07) is 5.11. The van der Waals surface area contributed by atoms with Gasteiger partial charge in [0.15, 0.2) is 11.3 Å². The highest BCUT2D eigenvalue weighted by molar-refractivity contribution is 5.94. The van der Waals surface area contributed by atoms with E-state index in [1.165, 1.54) is 6.07 Å². The highest BCUT2D eigenvalue weighted by atomic mass is 19.1. The quantitative estimate of drug-likeness (QED) is 0.513. The first-order valence-electron chi connectivity index (χ1n) is 10.3. The third-order valence-corrected chi connectivity index (χ3v) is 5.89. The Morgan fingerprint density at radius 1 is 1.17 bits per heavy atom. The van der Waals surface area contributed by atoms with Gasteiger partial charge in [0, 0.05) is 12.5 Å². The van der Waals surface area contributed by atoms with Crippen LogP contribution in [-0.2, 0) is 4.74 Å². The summed E-state index contributed by atoms with van der Waals surface area (Å²) >= 11 is 0. The van der Waals surface area contributed by atoms with Gasteiger partial charge in [-0.15, -0.1) is 0 Å². The molecular formula is C21H21FN6O2. The van der Waals surface area contributed by atoms with E-state index in [1.54, 1.807) is 16.8 Å². The summed E-state index contributed by atoms with van der Waals surface area (Å²) in [5.74, 6) is 1.69. The molecule has 1 saturated carbocycles. The summed E-state index contributed by atoms with van der Waals surface area (Å²) < 4.78 is 28.0.